The van der Waals surface area contributed by atoms with Crippen molar-refractivity contribution in [2.45, 2.75) is 25.3 Å². The molecule has 18 heavy (non-hydrogen) atoms. The van der Waals surface area contributed by atoms with E-state index in [0.29, 0.717) is 11.7 Å². The predicted molar refractivity (Wildman–Crippen MR) is 71.8 cm³/mol. The molecule has 5 nitrogen and oxygen atoms in total. The van der Waals surface area contributed by atoms with Gasteiger partial charge in [-0.15, -0.1) is 0 Å². The van der Waals surface area contributed by atoms with E-state index < -0.39 is 0 Å². The Morgan fingerprint density at radius 2 is 2.44 bits per heavy atom. The highest BCUT2D eigenvalue weighted by molar-refractivity contribution is 5.92. The van der Waals surface area contributed by atoms with Crippen molar-refractivity contribution in [1.82, 2.24) is 15.6 Å². The van der Waals surface area contributed by atoms with E-state index in [1.165, 1.54) is 19.3 Å². The normalized spacial score (nSPS) is 19.3. The number of piperidine rings is 1. The summed E-state index contributed by atoms with van der Waals surface area (Å²) in [5.41, 5.74) is 1.38. The van der Waals surface area contributed by atoms with E-state index in [2.05, 4.69) is 20.9 Å². The van der Waals surface area contributed by atoms with E-state index >= 15 is 0 Å². The number of carbonyl (C=O) groups excluding carboxylic acids is 1. The van der Waals surface area contributed by atoms with Crippen molar-refractivity contribution >= 4 is 11.6 Å². The molecule has 98 valence electrons. The van der Waals surface area contributed by atoms with Crippen LogP contribution < -0.4 is 16.0 Å². The lowest BCUT2D eigenvalue weighted by molar-refractivity contribution is 0.0958. The van der Waals surface area contributed by atoms with Gasteiger partial charge in [-0.25, -0.2) is 0 Å². The minimum atomic E-state index is -0.158. The van der Waals surface area contributed by atoms with Crippen LogP contribution in [0.25, 0.3) is 0 Å². The average Bonchev–Trinajstić information content (AvgIpc) is 2.45. The van der Waals surface area contributed by atoms with Crippen molar-refractivity contribution < 1.29 is 4.79 Å². The van der Waals surface area contributed by atoms with Crippen LogP contribution in [0.15, 0.2) is 18.3 Å². The Balaban J connectivity index is 1.90. The molecule has 1 atom stereocenters. The number of aromatic nitrogens is 1. The Kier molecular flexibility index (Phi) is 4.52. The van der Waals surface area contributed by atoms with Crippen LogP contribution in [-0.2, 0) is 0 Å². The van der Waals surface area contributed by atoms with Crippen LogP contribution in [-0.4, -0.2) is 37.1 Å². The van der Waals surface area contributed by atoms with Crippen LogP contribution in [0.1, 0.15) is 29.8 Å². The Labute approximate surface area is 107 Å². The molecule has 1 aliphatic rings. The summed E-state index contributed by atoms with van der Waals surface area (Å²) in [6.07, 6.45) is 5.42. The standard InChI is InChI=1S/C13H20N4O/c1-14-13(18)12-8-10(5-7-16-12)17-9-11-4-2-3-6-15-11/h5,7-8,11,15H,2-4,6,9H2,1H3,(H,14,18)(H,16,17). The van der Waals surface area contributed by atoms with Crippen molar-refractivity contribution in [2.24, 2.45) is 0 Å². The van der Waals surface area contributed by atoms with Crippen molar-refractivity contribution in [3.8, 4) is 0 Å². The summed E-state index contributed by atoms with van der Waals surface area (Å²) >= 11 is 0. The zero-order chi connectivity index (χ0) is 12.8. The SMILES string of the molecule is CNC(=O)c1cc(NCC2CCCCN2)ccn1. The van der Waals surface area contributed by atoms with Gasteiger partial charge in [-0.05, 0) is 31.5 Å². The highest BCUT2D eigenvalue weighted by Crippen LogP contribution is 2.11. The summed E-state index contributed by atoms with van der Waals surface area (Å²) in [7, 11) is 1.61. The van der Waals surface area contributed by atoms with Gasteiger partial charge >= 0.3 is 0 Å². The number of amides is 1. The fraction of sp³-hybridized carbons (Fsp3) is 0.538. The summed E-state index contributed by atoms with van der Waals surface area (Å²) in [6.45, 7) is 1.99. The number of nitrogens with one attached hydrogen (secondary N) is 3. The lowest BCUT2D eigenvalue weighted by Crippen LogP contribution is -2.39. The third-order valence-corrected chi connectivity index (χ3v) is 3.18. The monoisotopic (exact) mass is 248 g/mol. The minimum absolute atomic E-state index is 0.158. The van der Waals surface area contributed by atoms with Crippen LogP contribution in [0.4, 0.5) is 5.69 Å². The molecule has 1 saturated heterocycles. The van der Waals surface area contributed by atoms with Crippen LogP contribution in [0.2, 0.25) is 0 Å². The van der Waals surface area contributed by atoms with Gasteiger partial charge in [0.05, 0.1) is 0 Å². The molecule has 0 saturated carbocycles. The maximum atomic E-state index is 11.5. The summed E-state index contributed by atoms with van der Waals surface area (Å²) in [4.78, 5) is 15.5. The van der Waals surface area contributed by atoms with Crippen LogP contribution in [0, 0.1) is 0 Å². The number of carbonyl (C=O) groups is 1. The van der Waals surface area contributed by atoms with Crippen molar-refractivity contribution in [3.63, 3.8) is 0 Å². The number of anilines is 1. The molecule has 0 bridgehead atoms. The van der Waals surface area contributed by atoms with Gasteiger partial charge in [-0.2, -0.15) is 0 Å². The summed E-state index contributed by atoms with van der Waals surface area (Å²) in [5.74, 6) is -0.158. The topological polar surface area (TPSA) is 66.1 Å². The lowest BCUT2D eigenvalue weighted by atomic mass is 10.1. The van der Waals surface area contributed by atoms with Crippen LogP contribution >= 0.6 is 0 Å². The molecule has 5 heteroatoms. The Hall–Kier alpha value is -1.62. The van der Waals surface area contributed by atoms with E-state index in [9.17, 15) is 4.79 Å². The van der Waals surface area contributed by atoms with Gasteiger partial charge in [0, 0.05) is 31.5 Å². The van der Waals surface area contributed by atoms with Gasteiger partial charge in [-0.3, -0.25) is 9.78 Å². The number of nitrogens with zero attached hydrogens (tertiary/aromatic N) is 1. The first kappa shape index (κ1) is 12.8. The van der Waals surface area contributed by atoms with Gasteiger partial charge in [-0.1, -0.05) is 6.42 Å². The molecule has 1 fully saturated rings. The van der Waals surface area contributed by atoms with Gasteiger partial charge in [0.2, 0.25) is 0 Å². The van der Waals surface area contributed by atoms with E-state index in [4.69, 9.17) is 0 Å². The molecule has 1 unspecified atom stereocenters. The van der Waals surface area contributed by atoms with E-state index in [1.807, 2.05) is 6.07 Å². The zero-order valence-electron chi connectivity index (χ0n) is 10.7. The van der Waals surface area contributed by atoms with Gasteiger partial charge < -0.3 is 16.0 Å². The average molecular weight is 248 g/mol. The van der Waals surface area contributed by atoms with E-state index in [0.717, 1.165) is 18.8 Å². The van der Waals surface area contributed by atoms with E-state index in [-0.39, 0.29) is 5.91 Å². The molecular formula is C13H20N4O. The fourth-order valence-electron chi connectivity index (χ4n) is 2.13. The summed E-state index contributed by atoms with van der Waals surface area (Å²) in [6, 6.07) is 4.19. The van der Waals surface area contributed by atoms with Crippen LogP contribution in [0.5, 0.6) is 0 Å². The number of rotatable bonds is 4. The maximum Gasteiger partial charge on any atom is 0.269 e. The fourth-order valence-corrected chi connectivity index (χ4v) is 2.13. The molecule has 1 aromatic heterocycles. The summed E-state index contributed by atoms with van der Waals surface area (Å²) < 4.78 is 0. The highest BCUT2D eigenvalue weighted by Gasteiger charge is 2.12. The quantitative estimate of drug-likeness (QED) is 0.743. The Morgan fingerprint density at radius 1 is 1.56 bits per heavy atom. The van der Waals surface area contributed by atoms with Gasteiger partial charge in [0.15, 0.2) is 0 Å². The third-order valence-electron chi connectivity index (χ3n) is 3.18. The smallest absolute Gasteiger partial charge is 0.269 e. The third kappa shape index (κ3) is 3.43. The highest BCUT2D eigenvalue weighted by atomic mass is 16.1. The molecule has 0 spiro atoms. The first-order valence-electron chi connectivity index (χ1n) is 6.45. The summed E-state index contributed by atoms with van der Waals surface area (Å²) in [5, 5.41) is 9.40. The predicted octanol–water partition coefficient (Wildman–Crippen LogP) is 0.995. The maximum absolute atomic E-state index is 11.5. The van der Waals surface area contributed by atoms with Gasteiger partial charge in [0.25, 0.3) is 5.91 Å². The second-order valence-corrected chi connectivity index (χ2v) is 4.54. The first-order chi connectivity index (χ1) is 8.79. The van der Waals surface area contributed by atoms with E-state index in [1.54, 1.807) is 19.3 Å². The number of hydrogen-bond acceptors (Lipinski definition) is 4. The second-order valence-electron chi connectivity index (χ2n) is 4.54. The molecule has 1 amide bonds. The molecule has 0 aliphatic carbocycles. The molecule has 0 aromatic carbocycles. The Morgan fingerprint density at radius 3 is 3.17 bits per heavy atom. The van der Waals surface area contributed by atoms with Crippen LogP contribution in [0.3, 0.4) is 0 Å². The molecule has 3 N–H and O–H groups in total. The van der Waals surface area contributed by atoms with Crippen molar-refractivity contribution in [2.75, 3.05) is 25.5 Å². The molecular weight excluding hydrogens is 228 g/mol. The number of pyridine rings is 1. The lowest BCUT2D eigenvalue weighted by Gasteiger charge is -2.24. The molecule has 2 rings (SSSR count). The molecule has 2 heterocycles. The molecule has 1 aromatic rings. The van der Waals surface area contributed by atoms with Gasteiger partial charge in [0.1, 0.15) is 5.69 Å². The first-order valence-corrected chi connectivity index (χ1v) is 6.45. The molecule has 0 radical (unpaired) electrons. The minimum Gasteiger partial charge on any atom is -0.383 e. The van der Waals surface area contributed by atoms with Crippen molar-refractivity contribution in [3.05, 3.63) is 24.0 Å². The zero-order valence-corrected chi connectivity index (χ0v) is 10.7. The number of hydrogen-bond donors (Lipinski definition) is 3. The second kappa shape index (κ2) is 6.35. The van der Waals surface area contributed by atoms with Crippen molar-refractivity contribution in [1.29, 1.82) is 0 Å². The molecule has 1 aliphatic heterocycles. The largest absolute Gasteiger partial charge is 0.383 e. The Bertz CT molecular complexity index is 402.